The molecule has 1 N–H and O–H groups in total. The van der Waals surface area contributed by atoms with Crippen LogP contribution in [0, 0.1) is 5.41 Å². The fourth-order valence-corrected chi connectivity index (χ4v) is 4.11. The first-order valence-electron chi connectivity index (χ1n) is 8.09. The predicted molar refractivity (Wildman–Crippen MR) is 81.5 cm³/mol. The summed E-state index contributed by atoms with van der Waals surface area (Å²) in [6.45, 7) is 11.4. The highest BCUT2D eigenvalue weighted by Gasteiger charge is 2.41. The Bertz CT molecular complexity index is 451. The lowest BCUT2D eigenvalue weighted by atomic mass is 9.70. The Morgan fingerprint density at radius 2 is 2.25 bits per heavy atom. The van der Waals surface area contributed by atoms with E-state index in [0.29, 0.717) is 17.5 Å². The zero-order chi connectivity index (χ0) is 14.2. The highest BCUT2D eigenvalue weighted by molar-refractivity contribution is 5.02. The third kappa shape index (κ3) is 2.51. The van der Waals surface area contributed by atoms with Crippen LogP contribution < -0.4 is 5.32 Å². The molecule has 0 aromatic carbocycles. The predicted octanol–water partition coefficient (Wildman–Crippen LogP) is 2.26. The molecular weight excluding hydrogens is 248 g/mol. The van der Waals surface area contributed by atoms with Gasteiger partial charge in [-0.25, -0.2) is 4.98 Å². The lowest BCUT2D eigenvalue weighted by molar-refractivity contribution is 0.0330. The van der Waals surface area contributed by atoms with Crippen molar-refractivity contribution < 1.29 is 0 Å². The molecule has 112 valence electrons. The number of rotatable bonds is 3. The standard InChI is InChI=1S/C16H28N4/c1-4-17-15-13(6-5-7-16(15,2)3)20-11-10-19-9-8-18-14(19)12-20/h8-9,13,15,17H,4-7,10-12H2,1-3H3. The summed E-state index contributed by atoms with van der Waals surface area (Å²) in [5, 5.41) is 3.77. The summed E-state index contributed by atoms with van der Waals surface area (Å²) in [5.41, 5.74) is 0.395. The zero-order valence-electron chi connectivity index (χ0n) is 13.1. The molecule has 1 aliphatic carbocycles. The number of nitrogens with one attached hydrogen (secondary N) is 1. The van der Waals surface area contributed by atoms with E-state index >= 15 is 0 Å². The maximum atomic E-state index is 4.51. The molecule has 3 rings (SSSR count). The van der Waals surface area contributed by atoms with Gasteiger partial charge in [-0.15, -0.1) is 0 Å². The molecule has 0 spiro atoms. The average Bonchev–Trinajstić information content (AvgIpc) is 2.88. The molecular formula is C16H28N4. The maximum absolute atomic E-state index is 4.51. The molecule has 1 fully saturated rings. The van der Waals surface area contributed by atoms with E-state index in [4.69, 9.17) is 0 Å². The molecule has 0 radical (unpaired) electrons. The van der Waals surface area contributed by atoms with Crippen LogP contribution in [-0.2, 0) is 13.1 Å². The van der Waals surface area contributed by atoms with Gasteiger partial charge in [-0.3, -0.25) is 4.90 Å². The average molecular weight is 276 g/mol. The number of aromatic nitrogens is 2. The fourth-order valence-electron chi connectivity index (χ4n) is 4.11. The van der Waals surface area contributed by atoms with Gasteiger partial charge in [0.25, 0.3) is 0 Å². The van der Waals surface area contributed by atoms with E-state index in [-0.39, 0.29) is 0 Å². The summed E-state index contributed by atoms with van der Waals surface area (Å²) in [4.78, 5) is 7.17. The van der Waals surface area contributed by atoms with E-state index in [0.717, 1.165) is 26.2 Å². The number of hydrogen-bond acceptors (Lipinski definition) is 3. The Labute approximate surface area is 122 Å². The zero-order valence-corrected chi connectivity index (χ0v) is 13.1. The van der Waals surface area contributed by atoms with Crippen molar-refractivity contribution in [3.8, 4) is 0 Å². The van der Waals surface area contributed by atoms with Crippen LogP contribution in [0.2, 0.25) is 0 Å². The molecule has 1 aromatic rings. The van der Waals surface area contributed by atoms with Crippen LogP contribution in [0.5, 0.6) is 0 Å². The van der Waals surface area contributed by atoms with Crippen molar-refractivity contribution in [1.82, 2.24) is 19.8 Å². The topological polar surface area (TPSA) is 33.1 Å². The molecule has 1 aliphatic heterocycles. The first kappa shape index (κ1) is 14.1. The maximum Gasteiger partial charge on any atom is 0.122 e. The number of imidazole rings is 1. The lowest BCUT2D eigenvalue weighted by Crippen LogP contribution is -2.59. The second kappa shape index (κ2) is 5.49. The van der Waals surface area contributed by atoms with Gasteiger partial charge in [0.1, 0.15) is 5.82 Å². The summed E-state index contributed by atoms with van der Waals surface area (Å²) < 4.78 is 2.30. The van der Waals surface area contributed by atoms with Crippen LogP contribution in [0.1, 0.15) is 45.9 Å². The summed E-state index contributed by atoms with van der Waals surface area (Å²) in [6.07, 6.45) is 8.06. The molecule has 0 saturated heterocycles. The molecule has 2 aliphatic rings. The second-order valence-electron chi connectivity index (χ2n) is 6.99. The first-order chi connectivity index (χ1) is 9.62. The van der Waals surface area contributed by atoms with E-state index in [1.807, 2.05) is 6.20 Å². The minimum Gasteiger partial charge on any atom is -0.333 e. The van der Waals surface area contributed by atoms with Gasteiger partial charge in [-0.2, -0.15) is 0 Å². The molecule has 0 bridgehead atoms. The molecule has 1 saturated carbocycles. The molecule has 2 atom stereocenters. The van der Waals surface area contributed by atoms with Gasteiger partial charge in [0.15, 0.2) is 0 Å². The van der Waals surface area contributed by atoms with Crippen LogP contribution in [0.15, 0.2) is 12.4 Å². The van der Waals surface area contributed by atoms with Crippen molar-refractivity contribution in [2.45, 2.75) is 65.2 Å². The Hall–Kier alpha value is -0.870. The van der Waals surface area contributed by atoms with Gasteiger partial charge in [-0.1, -0.05) is 27.2 Å². The quantitative estimate of drug-likeness (QED) is 0.919. The monoisotopic (exact) mass is 276 g/mol. The highest BCUT2D eigenvalue weighted by atomic mass is 15.3. The van der Waals surface area contributed by atoms with E-state index in [9.17, 15) is 0 Å². The van der Waals surface area contributed by atoms with E-state index < -0.39 is 0 Å². The van der Waals surface area contributed by atoms with Crippen molar-refractivity contribution in [2.75, 3.05) is 13.1 Å². The van der Waals surface area contributed by atoms with Gasteiger partial charge in [0.2, 0.25) is 0 Å². The Balaban J connectivity index is 1.78. The summed E-state index contributed by atoms with van der Waals surface area (Å²) in [7, 11) is 0. The third-order valence-electron chi connectivity index (χ3n) is 5.22. The van der Waals surface area contributed by atoms with Crippen molar-refractivity contribution in [3.05, 3.63) is 18.2 Å². The van der Waals surface area contributed by atoms with Crippen LogP contribution in [-0.4, -0.2) is 39.6 Å². The Morgan fingerprint density at radius 3 is 3.05 bits per heavy atom. The molecule has 4 nitrogen and oxygen atoms in total. The van der Waals surface area contributed by atoms with Gasteiger partial charge in [0, 0.05) is 37.6 Å². The third-order valence-corrected chi connectivity index (χ3v) is 5.22. The van der Waals surface area contributed by atoms with Crippen molar-refractivity contribution in [1.29, 1.82) is 0 Å². The SMILES string of the molecule is CCNC1C(N2CCn3ccnc3C2)CCCC1(C)C. The van der Waals surface area contributed by atoms with E-state index in [2.05, 4.69) is 46.7 Å². The van der Waals surface area contributed by atoms with Crippen molar-refractivity contribution in [3.63, 3.8) is 0 Å². The minimum absolute atomic E-state index is 0.395. The highest BCUT2D eigenvalue weighted by Crippen LogP contribution is 2.38. The Morgan fingerprint density at radius 1 is 1.40 bits per heavy atom. The second-order valence-corrected chi connectivity index (χ2v) is 6.99. The van der Waals surface area contributed by atoms with E-state index in [1.165, 1.54) is 25.1 Å². The van der Waals surface area contributed by atoms with Crippen LogP contribution >= 0.6 is 0 Å². The Kier molecular flexibility index (Phi) is 3.87. The van der Waals surface area contributed by atoms with Gasteiger partial charge in [0.05, 0.1) is 6.54 Å². The minimum atomic E-state index is 0.395. The molecule has 0 amide bonds. The molecule has 1 aromatic heterocycles. The van der Waals surface area contributed by atoms with Crippen LogP contribution in [0.4, 0.5) is 0 Å². The number of likely N-dealkylation sites (N-methyl/N-ethyl adjacent to an activating group) is 1. The van der Waals surface area contributed by atoms with Crippen molar-refractivity contribution in [2.24, 2.45) is 5.41 Å². The van der Waals surface area contributed by atoms with Crippen LogP contribution in [0.3, 0.4) is 0 Å². The largest absolute Gasteiger partial charge is 0.333 e. The molecule has 4 heteroatoms. The smallest absolute Gasteiger partial charge is 0.122 e. The summed E-state index contributed by atoms with van der Waals surface area (Å²) in [5.74, 6) is 1.23. The van der Waals surface area contributed by atoms with E-state index in [1.54, 1.807) is 0 Å². The van der Waals surface area contributed by atoms with Gasteiger partial charge < -0.3 is 9.88 Å². The number of fused-ring (bicyclic) bond motifs is 1. The molecule has 20 heavy (non-hydrogen) atoms. The lowest BCUT2D eigenvalue weighted by Gasteiger charge is -2.49. The number of nitrogens with zero attached hydrogens (tertiary/aromatic N) is 3. The van der Waals surface area contributed by atoms with Gasteiger partial charge >= 0.3 is 0 Å². The van der Waals surface area contributed by atoms with Gasteiger partial charge in [-0.05, 0) is 24.8 Å². The summed E-state index contributed by atoms with van der Waals surface area (Å²) in [6, 6.07) is 1.26. The fraction of sp³-hybridized carbons (Fsp3) is 0.812. The molecule has 2 heterocycles. The van der Waals surface area contributed by atoms with Crippen LogP contribution in [0.25, 0.3) is 0 Å². The number of hydrogen-bond donors (Lipinski definition) is 1. The summed E-state index contributed by atoms with van der Waals surface area (Å²) >= 11 is 0. The molecule has 2 unspecified atom stereocenters. The first-order valence-corrected chi connectivity index (χ1v) is 8.09. The normalized spacial score (nSPS) is 30.1. The van der Waals surface area contributed by atoms with Crippen molar-refractivity contribution >= 4 is 0 Å².